The van der Waals surface area contributed by atoms with Crippen LogP contribution in [-0.4, -0.2) is 32.9 Å². The first kappa shape index (κ1) is 13.4. The molecule has 0 aliphatic carbocycles. The Morgan fingerprint density at radius 3 is 2.85 bits per heavy atom. The van der Waals surface area contributed by atoms with Gasteiger partial charge in [-0.05, 0) is 18.6 Å². The van der Waals surface area contributed by atoms with Crippen LogP contribution in [0.3, 0.4) is 0 Å². The minimum atomic E-state index is 0.172. The van der Waals surface area contributed by atoms with E-state index in [1.54, 1.807) is 6.20 Å². The second-order valence-electron chi connectivity index (χ2n) is 4.26. The smallest absolute Gasteiger partial charge is 0.214 e. The summed E-state index contributed by atoms with van der Waals surface area (Å²) >= 11 is 7.39. The van der Waals surface area contributed by atoms with Crippen molar-refractivity contribution in [1.82, 2.24) is 14.6 Å². The fourth-order valence-electron chi connectivity index (χ4n) is 1.86. The van der Waals surface area contributed by atoms with Gasteiger partial charge in [-0.1, -0.05) is 35.1 Å². The van der Waals surface area contributed by atoms with Crippen molar-refractivity contribution in [2.75, 3.05) is 18.5 Å². The van der Waals surface area contributed by atoms with E-state index in [2.05, 4.69) is 15.4 Å². The molecule has 20 heavy (non-hydrogen) atoms. The molecule has 2 N–H and O–H groups in total. The van der Waals surface area contributed by atoms with Crippen LogP contribution in [0.25, 0.3) is 16.2 Å². The number of fused-ring (bicyclic) bond motifs is 1. The summed E-state index contributed by atoms with van der Waals surface area (Å²) in [5.41, 5.74) is 1.96. The second kappa shape index (κ2) is 5.78. The molecule has 3 rings (SSSR count). The van der Waals surface area contributed by atoms with Crippen LogP contribution >= 0.6 is 22.9 Å². The lowest BCUT2D eigenvalue weighted by molar-refractivity contribution is 0.292. The number of aromatic nitrogens is 3. The van der Waals surface area contributed by atoms with E-state index in [0.717, 1.165) is 21.3 Å². The molecule has 0 fully saturated rings. The molecule has 2 aromatic heterocycles. The van der Waals surface area contributed by atoms with E-state index in [0.29, 0.717) is 18.0 Å². The number of hydrogen-bond donors (Lipinski definition) is 2. The maximum atomic E-state index is 8.77. The third-order valence-electron chi connectivity index (χ3n) is 2.84. The lowest BCUT2D eigenvalue weighted by Crippen LogP contribution is -2.03. The number of anilines is 1. The Bertz CT molecular complexity index is 707. The van der Waals surface area contributed by atoms with E-state index in [9.17, 15) is 0 Å². The average molecular weight is 309 g/mol. The summed E-state index contributed by atoms with van der Waals surface area (Å²) in [5.74, 6) is 0. The Labute approximate surface area is 124 Å². The van der Waals surface area contributed by atoms with Gasteiger partial charge < -0.3 is 10.4 Å². The number of aliphatic hydroxyl groups is 1. The number of benzene rings is 1. The van der Waals surface area contributed by atoms with E-state index < -0.39 is 0 Å². The SMILES string of the molecule is OCCCNc1nn2c(-c3ccc(Cl)cc3)cnc2s1. The average Bonchev–Trinajstić information content (AvgIpc) is 3.00. The van der Waals surface area contributed by atoms with Gasteiger partial charge in [-0.15, -0.1) is 5.10 Å². The fraction of sp³-hybridized carbons (Fsp3) is 0.231. The van der Waals surface area contributed by atoms with Crippen molar-refractivity contribution in [2.45, 2.75) is 6.42 Å². The fourth-order valence-corrected chi connectivity index (χ4v) is 2.78. The molecular formula is C13H13ClN4OS. The molecule has 0 amide bonds. The topological polar surface area (TPSA) is 62.5 Å². The van der Waals surface area contributed by atoms with Crippen molar-refractivity contribution < 1.29 is 5.11 Å². The molecule has 0 spiro atoms. The Morgan fingerprint density at radius 2 is 2.10 bits per heavy atom. The van der Waals surface area contributed by atoms with E-state index in [-0.39, 0.29) is 6.61 Å². The monoisotopic (exact) mass is 308 g/mol. The minimum Gasteiger partial charge on any atom is -0.396 e. The van der Waals surface area contributed by atoms with Gasteiger partial charge in [0.15, 0.2) is 0 Å². The van der Waals surface area contributed by atoms with Gasteiger partial charge in [-0.2, -0.15) is 0 Å². The molecular weight excluding hydrogens is 296 g/mol. The molecule has 2 heterocycles. The van der Waals surface area contributed by atoms with Crippen molar-refractivity contribution in [3.8, 4) is 11.3 Å². The molecule has 0 atom stereocenters. The van der Waals surface area contributed by atoms with E-state index in [1.165, 1.54) is 11.3 Å². The first-order valence-electron chi connectivity index (χ1n) is 6.23. The maximum Gasteiger partial charge on any atom is 0.214 e. The summed E-state index contributed by atoms with van der Waals surface area (Å²) in [6.45, 7) is 0.870. The lowest BCUT2D eigenvalue weighted by Gasteiger charge is -2.00. The highest BCUT2D eigenvalue weighted by Gasteiger charge is 2.11. The van der Waals surface area contributed by atoms with E-state index in [1.807, 2.05) is 28.8 Å². The predicted octanol–water partition coefficient (Wildman–Crippen LogP) is 2.91. The Morgan fingerprint density at radius 1 is 1.30 bits per heavy atom. The number of nitrogens with zero attached hydrogens (tertiary/aromatic N) is 3. The first-order chi connectivity index (χ1) is 9.78. The van der Waals surface area contributed by atoms with Gasteiger partial charge in [0.05, 0.1) is 11.9 Å². The highest BCUT2D eigenvalue weighted by atomic mass is 35.5. The van der Waals surface area contributed by atoms with Gasteiger partial charge in [-0.3, -0.25) is 0 Å². The van der Waals surface area contributed by atoms with Gasteiger partial charge in [0, 0.05) is 23.7 Å². The van der Waals surface area contributed by atoms with Crippen molar-refractivity contribution in [2.24, 2.45) is 0 Å². The predicted molar refractivity (Wildman–Crippen MR) is 81.5 cm³/mol. The summed E-state index contributed by atoms with van der Waals surface area (Å²) in [6.07, 6.45) is 2.51. The van der Waals surface area contributed by atoms with Crippen molar-refractivity contribution >= 4 is 33.0 Å². The molecule has 0 radical (unpaired) electrons. The molecule has 104 valence electrons. The molecule has 5 nitrogen and oxygen atoms in total. The van der Waals surface area contributed by atoms with Crippen molar-refractivity contribution in [3.05, 3.63) is 35.5 Å². The number of hydrogen-bond acceptors (Lipinski definition) is 5. The number of aliphatic hydroxyl groups excluding tert-OH is 1. The molecule has 0 aliphatic rings. The molecule has 7 heteroatoms. The molecule has 1 aromatic carbocycles. The van der Waals surface area contributed by atoms with Gasteiger partial charge in [-0.25, -0.2) is 9.50 Å². The third kappa shape index (κ3) is 2.63. The van der Waals surface area contributed by atoms with Crippen LogP contribution in [0, 0.1) is 0 Å². The molecule has 0 saturated heterocycles. The van der Waals surface area contributed by atoms with E-state index >= 15 is 0 Å². The molecule has 0 bridgehead atoms. The molecule has 0 unspecified atom stereocenters. The standard InChI is InChI=1S/C13H13ClN4OS/c14-10-4-2-9(3-5-10)11-8-16-13-18(11)17-12(20-13)15-6-1-7-19/h2-5,8,19H,1,6-7H2,(H,15,17). The van der Waals surface area contributed by atoms with Gasteiger partial charge in [0.1, 0.15) is 0 Å². The summed E-state index contributed by atoms with van der Waals surface area (Å²) in [4.78, 5) is 5.20. The van der Waals surface area contributed by atoms with Crippen LogP contribution in [0.4, 0.5) is 5.13 Å². The highest BCUT2D eigenvalue weighted by molar-refractivity contribution is 7.20. The molecule has 0 aliphatic heterocycles. The van der Waals surface area contributed by atoms with Gasteiger partial charge in [0.2, 0.25) is 10.1 Å². The zero-order chi connectivity index (χ0) is 13.9. The van der Waals surface area contributed by atoms with Gasteiger partial charge in [0.25, 0.3) is 0 Å². The van der Waals surface area contributed by atoms with Crippen LogP contribution in [0.1, 0.15) is 6.42 Å². The third-order valence-corrected chi connectivity index (χ3v) is 3.97. The quantitative estimate of drug-likeness (QED) is 0.711. The van der Waals surface area contributed by atoms with Crippen LogP contribution in [0.15, 0.2) is 30.5 Å². The lowest BCUT2D eigenvalue weighted by atomic mass is 10.2. The second-order valence-corrected chi connectivity index (χ2v) is 5.65. The Kier molecular flexibility index (Phi) is 3.86. The van der Waals surface area contributed by atoms with Gasteiger partial charge >= 0.3 is 0 Å². The normalized spacial score (nSPS) is 11.1. The summed E-state index contributed by atoms with van der Waals surface area (Å²) in [6, 6.07) is 7.60. The number of imidazole rings is 1. The Hall–Kier alpha value is -1.63. The van der Waals surface area contributed by atoms with Crippen LogP contribution in [0.5, 0.6) is 0 Å². The minimum absolute atomic E-state index is 0.172. The number of nitrogens with one attached hydrogen (secondary N) is 1. The molecule has 0 saturated carbocycles. The number of rotatable bonds is 5. The van der Waals surface area contributed by atoms with Crippen LogP contribution in [-0.2, 0) is 0 Å². The van der Waals surface area contributed by atoms with Crippen LogP contribution < -0.4 is 5.32 Å². The maximum absolute atomic E-state index is 8.77. The highest BCUT2D eigenvalue weighted by Crippen LogP contribution is 2.26. The Balaban J connectivity index is 1.90. The van der Waals surface area contributed by atoms with E-state index in [4.69, 9.17) is 16.7 Å². The van der Waals surface area contributed by atoms with Crippen molar-refractivity contribution in [1.29, 1.82) is 0 Å². The zero-order valence-electron chi connectivity index (χ0n) is 10.6. The zero-order valence-corrected chi connectivity index (χ0v) is 12.2. The van der Waals surface area contributed by atoms with Crippen LogP contribution in [0.2, 0.25) is 5.02 Å². The first-order valence-corrected chi connectivity index (χ1v) is 7.42. The number of halogens is 1. The van der Waals surface area contributed by atoms with Crippen molar-refractivity contribution in [3.63, 3.8) is 0 Å². The molecule has 3 aromatic rings. The summed E-state index contributed by atoms with van der Waals surface area (Å²) in [5, 5.41) is 17.9. The summed E-state index contributed by atoms with van der Waals surface area (Å²) in [7, 11) is 0. The largest absolute Gasteiger partial charge is 0.396 e. The summed E-state index contributed by atoms with van der Waals surface area (Å²) < 4.78 is 1.81.